The number of hydrogen-bond acceptors (Lipinski definition) is 3. The van der Waals surface area contributed by atoms with Gasteiger partial charge in [-0.2, -0.15) is 0 Å². The first kappa shape index (κ1) is 15.9. The summed E-state index contributed by atoms with van der Waals surface area (Å²) >= 11 is 0. The Morgan fingerprint density at radius 2 is 1.76 bits per heavy atom. The third kappa shape index (κ3) is 7.74. The maximum absolute atomic E-state index is 11.6. The molecule has 100 valence electrons. The van der Waals surface area contributed by atoms with Gasteiger partial charge in [-0.05, 0) is 26.7 Å². The molecule has 0 heterocycles. The summed E-state index contributed by atoms with van der Waals surface area (Å²) in [6.45, 7) is 10.3. The lowest BCUT2D eigenvalue weighted by molar-refractivity contribution is -0.140. The lowest BCUT2D eigenvalue weighted by atomic mass is 10.1. The predicted molar refractivity (Wildman–Crippen MR) is 66.8 cm³/mol. The second-order valence-electron chi connectivity index (χ2n) is 5.62. The number of carbonyl (C=O) groups excluding carboxylic acids is 1. The zero-order chi connectivity index (χ0) is 13.6. The number of nitrogens with zero attached hydrogens (tertiary/aromatic N) is 1. The normalized spacial score (nSPS) is 11.9. The summed E-state index contributed by atoms with van der Waals surface area (Å²) < 4.78 is 0. The SMILES string of the molecule is CC(C)CNC(=O)CN(CC(=O)O)C(C)(C)C. The van der Waals surface area contributed by atoms with Crippen LogP contribution in [0.5, 0.6) is 0 Å². The summed E-state index contributed by atoms with van der Waals surface area (Å²) in [5.74, 6) is -0.659. The lowest BCUT2D eigenvalue weighted by Gasteiger charge is -2.33. The number of carbonyl (C=O) groups is 2. The van der Waals surface area contributed by atoms with E-state index in [1.165, 1.54) is 0 Å². The monoisotopic (exact) mass is 244 g/mol. The maximum Gasteiger partial charge on any atom is 0.317 e. The van der Waals surface area contributed by atoms with Gasteiger partial charge in [0.25, 0.3) is 0 Å². The van der Waals surface area contributed by atoms with Crippen LogP contribution in [-0.2, 0) is 9.59 Å². The van der Waals surface area contributed by atoms with Crippen molar-refractivity contribution in [3.8, 4) is 0 Å². The van der Waals surface area contributed by atoms with Crippen LogP contribution in [0.1, 0.15) is 34.6 Å². The number of hydrogen-bond donors (Lipinski definition) is 2. The third-order valence-corrected chi connectivity index (χ3v) is 2.32. The minimum atomic E-state index is -0.920. The molecular formula is C12H24N2O3. The topological polar surface area (TPSA) is 69.6 Å². The average molecular weight is 244 g/mol. The molecule has 0 rings (SSSR count). The molecule has 0 aromatic rings. The van der Waals surface area contributed by atoms with Gasteiger partial charge in [0.05, 0.1) is 13.1 Å². The lowest BCUT2D eigenvalue weighted by Crippen LogP contribution is -2.49. The van der Waals surface area contributed by atoms with Crippen molar-refractivity contribution in [1.29, 1.82) is 0 Å². The summed E-state index contributed by atoms with van der Waals surface area (Å²) in [6.07, 6.45) is 0. The molecule has 0 bridgehead atoms. The van der Waals surface area contributed by atoms with E-state index in [4.69, 9.17) is 5.11 Å². The molecule has 0 unspecified atom stereocenters. The van der Waals surface area contributed by atoms with E-state index in [1.54, 1.807) is 4.90 Å². The van der Waals surface area contributed by atoms with Gasteiger partial charge in [0.15, 0.2) is 0 Å². The smallest absolute Gasteiger partial charge is 0.317 e. The van der Waals surface area contributed by atoms with Gasteiger partial charge in [-0.3, -0.25) is 14.5 Å². The highest BCUT2D eigenvalue weighted by Gasteiger charge is 2.25. The fourth-order valence-corrected chi connectivity index (χ4v) is 1.24. The van der Waals surface area contributed by atoms with Gasteiger partial charge in [-0.15, -0.1) is 0 Å². The quantitative estimate of drug-likeness (QED) is 0.729. The van der Waals surface area contributed by atoms with E-state index in [9.17, 15) is 9.59 Å². The highest BCUT2D eigenvalue weighted by molar-refractivity contribution is 5.79. The number of carboxylic acids is 1. The highest BCUT2D eigenvalue weighted by Crippen LogP contribution is 2.12. The molecule has 0 spiro atoms. The van der Waals surface area contributed by atoms with Crippen LogP contribution in [0.4, 0.5) is 0 Å². The van der Waals surface area contributed by atoms with E-state index in [1.807, 2.05) is 34.6 Å². The van der Waals surface area contributed by atoms with Crippen molar-refractivity contribution < 1.29 is 14.7 Å². The van der Waals surface area contributed by atoms with Crippen molar-refractivity contribution in [3.05, 3.63) is 0 Å². The first-order chi connectivity index (χ1) is 7.62. The molecule has 0 aromatic carbocycles. The van der Waals surface area contributed by atoms with Crippen molar-refractivity contribution in [1.82, 2.24) is 10.2 Å². The number of nitrogens with one attached hydrogen (secondary N) is 1. The van der Waals surface area contributed by atoms with Gasteiger partial charge in [-0.1, -0.05) is 13.8 Å². The largest absolute Gasteiger partial charge is 0.480 e. The molecule has 0 aliphatic carbocycles. The molecule has 1 amide bonds. The van der Waals surface area contributed by atoms with Crippen LogP contribution in [0, 0.1) is 5.92 Å². The Hall–Kier alpha value is -1.10. The Kier molecular flexibility index (Phi) is 6.16. The van der Waals surface area contributed by atoms with Crippen LogP contribution in [0.3, 0.4) is 0 Å². The van der Waals surface area contributed by atoms with E-state index in [0.29, 0.717) is 12.5 Å². The van der Waals surface area contributed by atoms with Crippen LogP contribution < -0.4 is 5.32 Å². The minimum Gasteiger partial charge on any atom is -0.480 e. The Morgan fingerprint density at radius 3 is 2.12 bits per heavy atom. The van der Waals surface area contributed by atoms with Crippen LogP contribution in [0.15, 0.2) is 0 Å². The summed E-state index contributed by atoms with van der Waals surface area (Å²) in [5, 5.41) is 11.6. The second-order valence-corrected chi connectivity index (χ2v) is 5.62. The van der Waals surface area contributed by atoms with Gasteiger partial charge in [-0.25, -0.2) is 0 Å². The standard InChI is InChI=1S/C12H24N2O3/c1-9(2)6-13-10(15)7-14(8-11(16)17)12(3,4)5/h9H,6-8H2,1-5H3,(H,13,15)(H,16,17). The Balaban J connectivity index is 4.34. The van der Waals surface area contributed by atoms with Crippen molar-refractivity contribution in [2.75, 3.05) is 19.6 Å². The Labute approximate surface area is 103 Å². The zero-order valence-electron chi connectivity index (χ0n) is 11.4. The van der Waals surface area contributed by atoms with E-state index < -0.39 is 5.97 Å². The van der Waals surface area contributed by atoms with Crippen molar-refractivity contribution in [2.24, 2.45) is 5.92 Å². The Morgan fingerprint density at radius 1 is 1.24 bits per heavy atom. The zero-order valence-corrected chi connectivity index (χ0v) is 11.4. The summed E-state index contributed by atoms with van der Waals surface area (Å²) in [4.78, 5) is 24.0. The number of aliphatic carboxylic acids is 1. The van der Waals surface area contributed by atoms with Crippen LogP contribution in [0.2, 0.25) is 0 Å². The van der Waals surface area contributed by atoms with Gasteiger partial charge in [0, 0.05) is 12.1 Å². The predicted octanol–water partition coefficient (Wildman–Crippen LogP) is 0.944. The average Bonchev–Trinajstić information content (AvgIpc) is 2.11. The molecule has 5 heteroatoms. The van der Waals surface area contributed by atoms with E-state index in [-0.39, 0.29) is 24.5 Å². The van der Waals surface area contributed by atoms with E-state index in [2.05, 4.69) is 5.32 Å². The van der Waals surface area contributed by atoms with Crippen molar-refractivity contribution in [3.63, 3.8) is 0 Å². The van der Waals surface area contributed by atoms with Crippen LogP contribution in [0.25, 0.3) is 0 Å². The first-order valence-corrected chi connectivity index (χ1v) is 5.86. The minimum absolute atomic E-state index is 0.114. The molecule has 17 heavy (non-hydrogen) atoms. The number of rotatable bonds is 6. The molecule has 2 N–H and O–H groups in total. The molecular weight excluding hydrogens is 220 g/mol. The second kappa shape index (κ2) is 6.59. The third-order valence-electron chi connectivity index (χ3n) is 2.32. The van der Waals surface area contributed by atoms with E-state index in [0.717, 1.165) is 0 Å². The maximum atomic E-state index is 11.6. The van der Waals surface area contributed by atoms with Crippen LogP contribution in [-0.4, -0.2) is 47.1 Å². The molecule has 0 radical (unpaired) electrons. The van der Waals surface area contributed by atoms with Gasteiger partial charge < -0.3 is 10.4 Å². The molecule has 0 saturated carbocycles. The van der Waals surface area contributed by atoms with Crippen LogP contribution >= 0.6 is 0 Å². The highest BCUT2D eigenvalue weighted by atomic mass is 16.4. The fourth-order valence-electron chi connectivity index (χ4n) is 1.24. The number of carboxylic acid groups (broad SMARTS) is 1. The molecule has 0 aliphatic rings. The van der Waals surface area contributed by atoms with Crippen molar-refractivity contribution in [2.45, 2.75) is 40.2 Å². The fraction of sp³-hybridized carbons (Fsp3) is 0.833. The van der Waals surface area contributed by atoms with Gasteiger partial charge in [0.2, 0.25) is 5.91 Å². The first-order valence-electron chi connectivity index (χ1n) is 5.86. The summed E-state index contributed by atoms with van der Waals surface area (Å²) in [5.41, 5.74) is -0.340. The molecule has 0 aliphatic heterocycles. The van der Waals surface area contributed by atoms with Crippen molar-refractivity contribution >= 4 is 11.9 Å². The molecule has 0 atom stereocenters. The molecule has 0 aromatic heterocycles. The van der Waals surface area contributed by atoms with E-state index >= 15 is 0 Å². The number of amides is 1. The molecule has 0 fully saturated rings. The van der Waals surface area contributed by atoms with Gasteiger partial charge >= 0.3 is 5.97 Å². The summed E-state index contributed by atoms with van der Waals surface area (Å²) in [6, 6.07) is 0. The van der Waals surface area contributed by atoms with Gasteiger partial charge in [0.1, 0.15) is 0 Å². The molecule has 5 nitrogen and oxygen atoms in total. The Bertz CT molecular complexity index is 269. The summed E-state index contributed by atoms with van der Waals surface area (Å²) in [7, 11) is 0. The molecule has 0 saturated heterocycles.